The summed E-state index contributed by atoms with van der Waals surface area (Å²) >= 11 is 0.660. The topological polar surface area (TPSA) is 9.23 Å². The van der Waals surface area contributed by atoms with Crippen LogP contribution in [0.25, 0.3) is 0 Å². The summed E-state index contributed by atoms with van der Waals surface area (Å²) in [6.45, 7) is 9.77. The van der Waals surface area contributed by atoms with E-state index in [1.807, 2.05) is 7.11 Å². The monoisotopic (exact) mass is 366 g/mol. The zero-order chi connectivity index (χ0) is 16.0. The van der Waals surface area contributed by atoms with E-state index < -0.39 is 0 Å². The normalized spacial score (nSPS) is 35.5. The molecule has 1 aromatic rings. The molecule has 0 saturated heterocycles. The molecule has 3 fully saturated rings. The summed E-state index contributed by atoms with van der Waals surface area (Å²) < 4.78 is 5.94. The van der Waals surface area contributed by atoms with Crippen molar-refractivity contribution in [2.45, 2.75) is 56.3 Å². The molecule has 3 aliphatic rings. The van der Waals surface area contributed by atoms with Crippen LogP contribution in [0.5, 0.6) is 0 Å². The van der Waals surface area contributed by atoms with Crippen LogP contribution in [0.1, 0.15) is 46.1 Å². The average Bonchev–Trinajstić information content (AvgIpc) is 2.53. The van der Waals surface area contributed by atoms with Crippen molar-refractivity contribution in [3.05, 3.63) is 35.9 Å². The molecular formula is C20H30OSe. The fourth-order valence-electron chi connectivity index (χ4n) is 4.64. The van der Waals surface area contributed by atoms with Gasteiger partial charge in [-0.25, -0.2) is 0 Å². The molecule has 1 aromatic carbocycles. The van der Waals surface area contributed by atoms with Gasteiger partial charge in [-0.3, -0.25) is 0 Å². The number of methoxy groups -OCH3 is 1. The summed E-state index contributed by atoms with van der Waals surface area (Å²) in [6.07, 6.45) is 2.94. The van der Waals surface area contributed by atoms with Crippen LogP contribution in [0.15, 0.2) is 30.3 Å². The fourth-order valence-corrected chi connectivity index (χ4v) is 8.16. The molecule has 122 valence electrons. The van der Waals surface area contributed by atoms with Crippen molar-refractivity contribution in [1.29, 1.82) is 0 Å². The third-order valence-electron chi connectivity index (χ3n) is 6.69. The first-order valence-electron chi connectivity index (χ1n) is 8.61. The van der Waals surface area contributed by atoms with Gasteiger partial charge in [-0.2, -0.15) is 0 Å². The molecule has 0 heterocycles. The van der Waals surface area contributed by atoms with Crippen LogP contribution in [0.4, 0.5) is 0 Å². The standard InChI is InChI=1S/C20H30OSe/c1-14-17-11-16(19(17,2)3)12-18(14)22-13-20(4,21-5)15-9-7-6-8-10-15/h6-10,14,16-18H,11-13H2,1-5H3/t14-,16+,17-,18-,20?/m1/s1. The molecule has 2 bridgehead atoms. The third-order valence-corrected chi connectivity index (χ3v) is 10.4. The van der Waals surface area contributed by atoms with Gasteiger partial charge in [0.1, 0.15) is 0 Å². The minimum atomic E-state index is -0.113. The van der Waals surface area contributed by atoms with E-state index in [1.165, 1.54) is 23.7 Å². The Balaban J connectivity index is 1.65. The Morgan fingerprint density at radius 2 is 1.91 bits per heavy atom. The average molecular weight is 365 g/mol. The van der Waals surface area contributed by atoms with Crippen molar-refractivity contribution in [3.8, 4) is 0 Å². The molecule has 0 amide bonds. The van der Waals surface area contributed by atoms with Gasteiger partial charge in [-0.15, -0.1) is 0 Å². The number of rotatable bonds is 5. The molecular weight excluding hydrogens is 335 g/mol. The van der Waals surface area contributed by atoms with E-state index >= 15 is 0 Å². The van der Waals surface area contributed by atoms with Gasteiger partial charge in [0, 0.05) is 0 Å². The molecule has 0 radical (unpaired) electrons. The van der Waals surface area contributed by atoms with Gasteiger partial charge >= 0.3 is 142 Å². The zero-order valence-corrected chi connectivity index (χ0v) is 16.3. The second kappa shape index (κ2) is 5.96. The number of ether oxygens (including phenoxy) is 1. The number of fused-ring (bicyclic) bond motifs is 2. The van der Waals surface area contributed by atoms with E-state index in [-0.39, 0.29) is 5.60 Å². The van der Waals surface area contributed by atoms with Crippen molar-refractivity contribution in [2.24, 2.45) is 23.2 Å². The molecule has 22 heavy (non-hydrogen) atoms. The van der Waals surface area contributed by atoms with E-state index in [9.17, 15) is 0 Å². The van der Waals surface area contributed by atoms with Crippen molar-refractivity contribution in [1.82, 2.24) is 0 Å². The maximum absolute atomic E-state index is 5.94. The summed E-state index contributed by atoms with van der Waals surface area (Å²) in [5.41, 5.74) is 1.82. The predicted molar refractivity (Wildman–Crippen MR) is 94.3 cm³/mol. The van der Waals surface area contributed by atoms with Gasteiger partial charge in [0.2, 0.25) is 0 Å². The summed E-state index contributed by atoms with van der Waals surface area (Å²) in [6, 6.07) is 10.8. The van der Waals surface area contributed by atoms with E-state index in [0.29, 0.717) is 20.4 Å². The van der Waals surface area contributed by atoms with Crippen LogP contribution < -0.4 is 0 Å². The molecule has 5 atom stereocenters. The molecule has 0 aromatic heterocycles. The zero-order valence-electron chi connectivity index (χ0n) is 14.6. The quantitative estimate of drug-likeness (QED) is 0.655. The summed E-state index contributed by atoms with van der Waals surface area (Å²) in [5, 5.41) is 1.19. The Kier molecular flexibility index (Phi) is 4.49. The van der Waals surface area contributed by atoms with Crippen molar-refractivity contribution in [3.63, 3.8) is 0 Å². The molecule has 2 heteroatoms. The Hall–Kier alpha value is -0.301. The Bertz CT molecular complexity index is 512. The van der Waals surface area contributed by atoms with Gasteiger partial charge in [0.25, 0.3) is 0 Å². The molecule has 3 saturated carbocycles. The first-order chi connectivity index (χ1) is 10.4. The Morgan fingerprint density at radius 3 is 2.45 bits per heavy atom. The molecule has 1 nitrogen and oxygen atoms in total. The van der Waals surface area contributed by atoms with Crippen LogP contribution in [-0.2, 0) is 10.3 Å². The van der Waals surface area contributed by atoms with Crippen LogP contribution in [0.2, 0.25) is 10.1 Å². The molecule has 0 spiro atoms. The number of hydrogen-bond donors (Lipinski definition) is 0. The second-order valence-electron chi connectivity index (χ2n) is 8.11. The van der Waals surface area contributed by atoms with Gasteiger partial charge < -0.3 is 0 Å². The second-order valence-corrected chi connectivity index (χ2v) is 10.7. The van der Waals surface area contributed by atoms with Gasteiger partial charge in [0.05, 0.1) is 0 Å². The molecule has 0 N–H and O–H groups in total. The molecule has 1 unspecified atom stereocenters. The summed E-state index contributed by atoms with van der Waals surface area (Å²) in [4.78, 5) is 0.947. The van der Waals surface area contributed by atoms with Gasteiger partial charge in [0.15, 0.2) is 0 Å². The number of hydrogen-bond acceptors (Lipinski definition) is 1. The summed E-state index contributed by atoms with van der Waals surface area (Å²) in [7, 11) is 1.87. The van der Waals surface area contributed by atoms with E-state index in [0.717, 1.165) is 22.6 Å². The van der Waals surface area contributed by atoms with E-state index in [2.05, 4.69) is 58.0 Å². The van der Waals surface area contributed by atoms with Crippen LogP contribution >= 0.6 is 0 Å². The Morgan fingerprint density at radius 1 is 1.23 bits per heavy atom. The van der Waals surface area contributed by atoms with Crippen molar-refractivity contribution in [2.75, 3.05) is 7.11 Å². The minimum absolute atomic E-state index is 0.113. The van der Waals surface area contributed by atoms with Gasteiger partial charge in [-0.1, -0.05) is 0 Å². The van der Waals surface area contributed by atoms with Crippen LogP contribution in [-0.4, -0.2) is 22.1 Å². The maximum atomic E-state index is 5.94. The first-order valence-corrected chi connectivity index (χ1v) is 10.8. The fraction of sp³-hybridized carbons (Fsp3) is 0.700. The van der Waals surface area contributed by atoms with Crippen LogP contribution in [0, 0.1) is 23.2 Å². The predicted octanol–water partition coefficient (Wildman–Crippen LogP) is 5.16. The summed E-state index contributed by atoms with van der Waals surface area (Å²) in [5.74, 6) is 2.84. The van der Waals surface area contributed by atoms with Crippen molar-refractivity contribution < 1.29 is 4.74 Å². The molecule has 4 rings (SSSR count). The van der Waals surface area contributed by atoms with E-state index in [1.54, 1.807) is 0 Å². The number of benzene rings is 1. The van der Waals surface area contributed by atoms with Gasteiger partial charge in [-0.05, 0) is 0 Å². The van der Waals surface area contributed by atoms with E-state index in [4.69, 9.17) is 4.74 Å². The molecule has 0 aliphatic heterocycles. The SMILES string of the molecule is COC(C)(C[Se][C@@H]1C[C@@H]2C[C@H]([C@H]1C)C2(C)C)c1ccccc1. The molecule has 3 aliphatic carbocycles. The first kappa shape index (κ1) is 16.6. The van der Waals surface area contributed by atoms with Crippen LogP contribution in [0.3, 0.4) is 0 Å². The third kappa shape index (κ3) is 2.68. The van der Waals surface area contributed by atoms with Crippen molar-refractivity contribution >= 4 is 15.0 Å². The Labute approximate surface area is 142 Å².